The number of hydrogen-bond acceptors (Lipinski definition) is 3. The second kappa shape index (κ2) is 16.6. The van der Waals surface area contributed by atoms with Gasteiger partial charge in [0.05, 0.1) is 13.3 Å². The van der Waals surface area contributed by atoms with E-state index < -0.39 is 11.9 Å². The number of carbonyl (C=O) groups is 2. The highest BCUT2D eigenvalue weighted by Crippen LogP contribution is 2.43. The van der Waals surface area contributed by atoms with E-state index in [1.807, 2.05) is 30.3 Å². The lowest BCUT2D eigenvalue weighted by molar-refractivity contribution is -0.152. The minimum atomic E-state index is -0.893. The topological polar surface area (TPSA) is 55.4 Å². The molecule has 2 atom stereocenters. The number of hydrogen-bond donors (Lipinski definition) is 1. The summed E-state index contributed by atoms with van der Waals surface area (Å²) in [7, 11) is 0. The van der Waals surface area contributed by atoms with Gasteiger partial charge in [0.25, 0.3) is 0 Å². The molecule has 0 radical (unpaired) electrons. The summed E-state index contributed by atoms with van der Waals surface area (Å²) in [6.45, 7) is 1.62. The molecule has 0 saturated heterocycles. The second-order valence-corrected chi connectivity index (χ2v) is 13.5. The van der Waals surface area contributed by atoms with Crippen molar-refractivity contribution in [3.8, 4) is 0 Å². The van der Waals surface area contributed by atoms with Crippen LogP contribution in [0.3, 0.4) is 0 Å². The van der Waals surface area contributed by atoms with Crippen molar-refractivity contribution in [3.63, 3.8) is 0 Å². The van der Waals surface area contributed by atoms with E-state index in [0.29, 0.717) is 22.2 Å². The fourth-order valence-electron chi connectivity index (χ4n) is 7.19. The van der Waals surface area contributed by atoms with Gasteiger partial charge in [0.1, 0.15) is 0 Å². The van der Waals surface area contributed by atoms with Crippen molar-refractivity contribution in [2.24, 2.45) is 11.8 Å². The highest BCUT2D eigenvalue weighted by molar-refractivity contribution is 6.37. The van der Waals surface area contributed by atoms with E-state index in [0.717, 1.165) is 78.2 Å². The summed E-state index contributed by atoms with van der Waals surface area (Å²) in [6.07, 6.45) is 12.9. The van der Waals surface area contributed by atoms with Gasteiger partial charge in [-0.1, -0.05) is 91.7 Å². The molecule has 5 rings (SSSR count). The van der Waals surface area contributed by atoms with Gasteiger partial charge in [-0.05, 0) is 127 Å². The summed E-state index contributed by atoms with van der Waals surface area (Å²) < 4.78 is 17.3. The molecule has 1 fully saturated rings. The van der Waals surface area contributed by atoms with Crippen LogP contribution in [0.15, 0.2) is 60.7 Å². The zero-order chi connectivity index (χ0) is 32.5. The molecule has 7 heteroatoms. The van der Waals surface area contributed by atoms with E-state index in [-0.39, 0.29) is 13.3 Å². The van der Waals surface area contributed by atoms with Crippen LogP contribution in [0.2, 0.25) is 10.0 Å². The van der Waals surface area contributed by atoms with Crippen LogP contribution in [0.4, 0.5) is 10.1 Å². The van der Waals surface area contributed by atoms with Crippen molar-refractivity contribution in [1.29, 1.82) is 0 Å². The quantitative estimate of drug-likeness (QED) is 0.119. The Morgan fingerprint density at radius 1 is 0.891 bits per heavy atom. The number of anilines is 1. The van der Waals surface area contributed by atoms with E-state index in [1.54, 1.807) is 13.0 Å². The Labute approximate surface area is 282 Å². The molecule has 0 aliphatic heterocycles. The minimum absolute atomic E-state index is 0.143. The van der Waals surface area contributed by atoms with Gasteiger partial charge >= 0.3 is 11.9 Å². The molecule has 0 heterocycles. The normalized spacial score (nSPS) is 17.8. The Balaban J connectivity index is 1.38. The number of carbonyl (C=O) groups excluding carboxylic acids is 2. The predicted octanol–water partition coefficient (Wildman–Crippen LogP) is 10.7. The van der Waals surface area contributed by atoms with Gasteiger partial charge in [-0.15, -0.1) is 0 Å². The van der Waals surface area contributed by atoms with E-state index in [9.17, 15) is 14.0 Å². The summed E-state index contributed by atoms with van der Waals surface area (Å²) >= 11 is 13.1. The lowest BCUT2D eigenvalue weighted by atomic mass is 9.87. The van der Waals surface area contributed by atoms with Gasteiger partial charge in [-0.3, -0.25) is 9.18 Å². The van der Waals surface area contributed by atoms with Crippen molar-refractivity contribution < 1.29 is 18.7 Å². The average Bonchev–Trinajstić information content (AvgIpc) is 3.42. The molecular weight excluding hydrogens is 620 g/mol. The molecule has 1 unspecified atom stereocenters. The number of benzene rings is 3. The fraction of sp³-hybridized carbons (Fsp3) is 0.436. The van der Waals surface area contributed by atoms with Crippen molar-refractivity contribution in [2.75, 3.05) is 18.6 Å². The number of esters is 1. The minimum Gasteiger partial charge on any atom is -0.459 e. The zero-order valence-corrected chi connectivity index (χ0v) is 28.2. The molecule has 46 heavy (non-hydrogen) atoms. The predicted molar refractivity (Wildman–Crippen MR) is 187 cm³/mol. The SMILES string of the molecule is CCOC(=O)C(=O)Nc1ccc2c(c1)CCCC(c1ccc(Cl)cc1Cl)=C2c1ccc(CC[C@H]2CCC(CCCCCF)C2)cc1. The molecule has 0 spiro atoms. The maximum Gasteiger partial charge on any atom is 0.397 e. The number of fused-ring (bicyclic) bond motifs is 1. The highest BCUT2D eigenvalue weighted by atomic mass is 35.5. The molecule has 3 aromatic carbocycles. The number of aryl methyl sites for hydroxylation is 2. The monoisotopic (exact) mass is 663 g/mol. The van der Waals surface area contributed by atoms with Gasteiger partial charge in [0, 0.05) is 15.7 Å². The third-order valence-corrected chi connectivity index (χ3v) is 10.1. The molecule has 1 N–H and O–H groups in total. The van der Waals surface area contributed by atoms with Crippen LogP contribution in [0.5, 0.6) is 0 Å². The summed E-state index contributed by atoms with van der Waals surface area (Å²) in [5, 5.41) is 3.91. The van der Waals surface area contributed by atoms with Crippen LogP contribution >= 0.6 is 23.2 Å². The Morgan fingerprint density at radius 2 is 1.65 bits per heavy atom. The third-order valence-electron chi connectivity index (χ3n) is 9.50. The smallest absolute Gasteiger partial charge is 0.397 e. The van der Waals surface area contributed by atoms with Gasteiger partial charge in [-0.2, -0.15) is 0 Å². The number of unbranched alkanes of at least 4 members (excludes halogenated alkanes) is 2. The Hall–Kier alpha value is -3.15. The zero-order valence-electron chi connectivity index (χ0n) is 26.7. The van der Waals surface area contributed by atoms with Crippen molar-refractivity contribution >= 4 is 51.9 Å². The summed E-state index contributed by atoms with van der Waals surface area (Å²) in [5.74, 6) is -0.0846. The Kier molecular flexibility index (Phi) is 12.3. The number of amides is 1. The number of ether oxygens (including phenoxy) is 1. The van der Waals surface area contributed by atoms with Gasteiger partial charge in [0.2, 0.25) is 0 Å². The molecule has 0 bridgehead atoms. The van der Waals surface area contributed by atoms with Crippen molar-refractivity contribution in [3.05, 3.63) is 98.5 Å². The lowest BCUT2D eigenvalue weighted by Crippen LogP contribution is -2.25. The average molecular weight is 665 g/mol. The van der Waals surface area contributed by atoms with Crippen LogP contribution in [0.25, 0.3) is 11.1 Å². The first-order valence-electron chi connectivity index (χ1n) is 16.8. The first-order chi connectivity index (χ1) is 22.4. The van der Waals surface area contributed by atoms with Crippen LogP contribution in [0.1, 0.15) is 98.9 Å². The van der Waals surface area contributed by atoms with E-state index in [1.165, 1.54) is 43.2 Å². The molecular formula is C39H44Cl2FNO3. The number of alkyl halides is 1. The largest absolute Gasteiger partial charge is 0.459 e. The maximum atomic E-state index is 12.4. The molecule has 3 aromatic rings. The van der Waals surface area contributed by atoms with Crippen LogP contribution in [-0.4, -0.2) is 25.2 Å². The third kappa shape index (κ3) is 8.80. The molecule has 244 valence electrons. The van der Waals surface area contributed by atoms with Crippen LogP contribution in [0, 0.1) is 11.8 Å². The lowest BCUT2D eigenvalue weighted by Gasteiger charge is -2.19. The number of nitrogens with one attached hydrogen (secondary N) is 1. The van der Waals surface area contributed by atoms with E-state index >= 15 is 0 Å². The van der Waals surface area contributed by atoms with Crippen molar-refractivity contribution in [2.45, 2.75) is 84.0 Å². The maximum absolute atomic E-state index is 12.4. The van der Waals surface area contributed by atoms with Gasteiger partial charge < -0.3 is 10.1 Å². The number of allylic oxidation sites excluding steroid dienone is 1. The van der Waals surface area contributed by atoms with Crippen LogP contribution < -0.4 is 5.32 Å². The van der Waals surface area contributed by atoms with Gasteiger partial charge in [-0.25, -0.2) is 4.79 Å². The summed E-state index contributed by atoms with van der Waals surface area (Å²) in [4.78, 5) is 24.3. The molecule has 1 amide bonds. The molecule has 2 aliphatic carbocycles. The standard InChI is InChI=1S/C39H44Cl2FNO3/c1-2-46-39(45)38(44)43-32-19-21-33-30(24-32)8-6-9-35(34-20-18-31(40)25-36(34)41)37(33)29-16-14-26(15-17-29)10-11-28-13-12-27(23-28)7-4-3-5-22-42/h14-21,24-25,27-28H,2-13,22-23H2,1H3,(H,43,44)/t27?,28-/m0/s1. The number of halogens is 3. The number of rotatable bonds is 12. The summed E-state index contributed by atoms with van der Waals surface area (Å²) in [5.41, 5.74) is 8.47. The Bertz CT molecular complexity index is 1550. The van der Waals surface area contributed by atoms with E-state index in [2.05, 4.69) is 29.6 Å². The molecule has 1 saturated carbocycles. The van der Waals surface area contributed by atoms with Crippen molar-refractivity contribution in [1.82, 2.24) is 0 Å². The first-order valence-corrected chi connectivity index (χ1v) is 17.6. The van der Waals surface area contributed by atoms with Crippen LogP contribution in [-0.2, 0) is 27.2 Å². The fourth-order valence-corrected chi connectivity index (χ4v) is 7.72. The molecule has 2 aliphatic rings. The molecule has 0 aromatic heterocycles. The second-order valence-electron chi connectivity index (χ2n) is 12.7. The summed E-state index contributed by atoms with van der Waals surface area (Å²) in [6, 6.07) is 20.5. The van der Waals surface area contributed by atoms with Gasteiger partial charge in [0.15, 0.2) is 0 Å². The molecule has 4 nitrogen and oxygen atoms in total. The highest BCUT2D eigenvalue weighted by Gasteiger charge is 2.25. The van der Waals surface area contributed by atoms with E-state index in [4.69, 9.17) is 27.9 Å². The Morgan fingerprint density at radius 3 is 2.39 bits per heavy atom. The first kappa shape index (κ1) is 34.2.